The molecule has 4 rings (SSSR count). The number of thiophene rings is 1. The van der Waals surface area contributed by atoms with Crippen LogP contribution in [0.5, 0.6) is 5.75 Å². The first-order valence-electron chi connectivity index (χ1n) is 10.9. The van der Waals surface area contributed by atoms with E-state index in [9.17, 15) is 10.1 Å². The van der Waals surface area contributed by atoms with Gasteiger partial charge in [-0.25, -0.2) is 0 Å². The summed E-state index contributed by atoms with van der Waals surface area (Å²) in [6, 6.07) is 7.31. The molecule has 11 heteroatoms. The van der Waals surface area contributed by atoms with Crippen LogP contribution < -0.4 is 10.1 Å². The maximum Gasteiger partial charge on any atom is 0.235 e. The van der Waals surface area contributed by atoms with Crippen molar-refractivity contribution in [3.63, 3.8) is 0 Å². The fraction of sp³-hybridized carbons (Fsp3) is 0.391. The van der Waals surface area contributed by atoms with Crippen molar-refractivity contribution in [2.45, 2.75) is 51.4 Å². The molecule has 2 aromatic heterocycles. The quantitative estimate of drug-likeness (QED) is 0.357. The summed E-state index contributed by atoms with van der Waals surface area (Å²) in [6.45, 7) is 5.00. The summed E-state index contributed by atoms with van der Waals surface area (Å²) in [5.41, 5.74) is 1.71. The van der Waals surface area contributed by atoms with Gasteiger partial charge >= 0.3 is 0 Å². The number of benzene rings is 1. The van der Waals surface area contributed by atoms with Crippen LogP contribution in [0, 0.1) is 17.2 Å². The van der Waals surface area contributed by atoms with Gasteiger partial charge in [-0.05, 0) is 55.9 Å². The lowest BCUT2D eigenvalue weighted by Crippen LogP contribution is -2.15. The largest absolute Gasteiger partial charge is 0.484 e. The molecule has 178 valence electrons. The van der Waals surface area contributed by atoms with Crippen LogP contribution in [0.3, 0.4) is 0 Å². The monoisotopic (exact) mass is 535 g/mol. The summed E-state index contributed by atoms with van der Waals surface area (Å²) >= 11 is 14.9. The van der Waals surface area contributed by atoms with Gasteiger partial charge in [0.1, 0.15) is 23.4 Å². The highest BCUT2D eigenvalue weighted by atomic mass is 35.5. The molecule has 1 amide bonds. The maximum absolute atomic E-state index is 12.7. The molecule has 1 atom stereocenters. The first-order chi connectivity index (χ1) is 16.4. The standard InChI is InChI=1S/C23H23Cl2N5O2S2/c1-3-30-20(11-32-18-7-5-14(24)9-17(18)25)28-29-23(30)33-12-21(31)27-22-16(10-26)15-6-4-13(2)8-19(15)34-22/h5,7,9,13H,3-4,6,8,11-12H2,1-2H3,(H,27,31). The Morgan fingerprint density at radius 2 is 2.24 bits per heavy atom. The highest BCUT2D eigenvalue weighted by Crippen LogP contribution is 2.39. The van der Waals surface area contributed by atoms with Crippen LogP contribution in [0.2, 0.25) is 10.0 Å². The van der Waals surface area contributed by atoms with E-state index in [1.54, 1.807) is 18.2 Å². The number of nitrogens with one attached hydrogen (secondary N) is 1. The van der Waals surface area contributed by atoms with E-state index in [2.05, 4.69) is 28.5 Å². The van der Waals surface area contributed by atoms with Gasteiger partial charge in [0.15, 0.2) is 11.0 Å². The molecule has 1 aliphatic rings. The first kappa shape index (κ1) is 24.9. The summed E-state index contributed by atoms with van der Waals surface area (Å²) < 4.78 is 7.68. The lowest BCUT2D eigenvalue weighted by Gasteiger charge is -2.17. The number of halogens is 2. The third-order valence-electron chi connectivity index (χ3n) is 5.57. The van der Waals surface area contributed by atoms with E-state index < -0.39 is 0 Å². The molecule has 3 aromatic rings. The predicted octanol–water partition coefficient (Wildman–Crippen LogP) is 5.97. The summed E-state index contributed by atoms with van der Waals surface area (Å²) in [5, 5.41) is 23.2. The molecule has 34 heavy (non-hydrogen) atoms. The van der Waals surface area contributed by atoms with Gasteiger partial charge < -0.3 is 14.6 Å². The molecule has 0 bridgehead atoms. The zero-order chi connectivity index (χ0) is 24.2. The molecule has 0 saturated carbocycles. The number of aromatic nitrogens is 3. The zero-order valence-electron chi connectivity index (χ0n) is 18.7. The maximum atomic E-state index is 12.7. The molecular weight excluding hydrogens is 513 g/mol. The number of rotatable bonds is 8. The fourth-order valence-electron chi connectivity index (χ4n) is 3.83. The van der Waals surface area contributed by atoms with Crippen molar-refractivity contribution in [3.8, 4) is 11.8 Å². The van der Waals surface area contributed by atoms with Gasteiger partial charge in [0.2, 0.25) is 5.91 Å². The molecule has 0 spiro atoms. The van der Waals surface area contributed by atoms with Crippen molar-refractivity contribution >= 4 is 57.2 Å². The molecule has 7 nitrogen and oxygen atoms in total. The Labute approximate surface area is 216 Å². The number of anilines is 1. The number of thioether (sulfide) groups is 1. The second-order valence-electron chi connectivity index (χ2n) is 8.01. The topological polar surface area (TPSA) is 92.8 Å². The number of fused-ring (bicyclic) bond motifs is 1. The molecule has 0 aliphatic heterocycles. The van der Waals surface area contributed by atoms with Crippen LogP contribution >= 0.6 is 46.3 Å². The number of carbonyl (C=O) groups excluding carboxylic acids is 1. The summed E-state index contributed by atoms with van der Waals surface area (Å²) in [5.74, 6) is 1.72. The Hall–Kier alpha value is -2.25. The minimum Gasteiger partial charge on any atom is -0.484 e. The first-order valence-corrected chi connectivity index (χ1v) is 13.4. The lowest BCUT2D eigenvalue weighted by molar-refractivity contribution is -0.113. The molecule has 0 radical (unpaired) electrons. The van der Waals surface area contributed by atoms with Crippen LogP contribution in [-0.4, -0.2) is 26.4 Å². The van der Waals surface area contributed by atoms with Gasteiger partial charge in [-0.1, -0.05) is 41.9 Å². The van der Waals surface area contributed by atoms with Gasteiger partial charge in [-0.3, -0.25) is 4.79 Å². The Morgan fingerprint density at radius 3 is 2.97 bits per heavy atom. The van der Waals surface area contributed by atoms with E-state index in [0.717, 1.165) is 24.8 Å². The minimum absolute atomic E-state index is 0.159. The van der Waals surface area contributed by atoms with Crippen LogP contribution in [0.4, 0.5) is 5.00 Å². The van der Waals surface area contributed by atoms with E-state index in [4.69, 9.17) is 27.9 Å². The Kier molecular flexibility index (Phi) is 8.04. The second-order valence-corrected chi connectivity index (χ2v) is 10.9. The highest BCUT2D eigenvalue weighted by molar-refractivity contribution is 7.99. The van der Waals surface area contributed by atoms with E-state index >= 15 is 0 Å². The third-order valence-corrected chi connectivity index (χ3v) is 8.24. The van der Waals surface area contributed by atoms with Crippen molar-refractivity contribution in [3.05, 3.63) is 50.1 Å². The average molecular weight is 537 g/mol. The highest BCUT2D eigenvalue weighted by Gasteiger charge is 2.25. The van der Waals surface area contributed by atoms with Crippen LogP contribution in [0.15, 0.2) is 23.4 Å². The van der Waals surface area contributed by atoms with Gasteiger partial charge in [0.25, 0.3) is 0 Å². The Morgan fingerprint density at radius 1 is 1.41 bits per heavy atom. The predicted molar refractivity (Wildman–Crippen MR) is 136 cm³/mol. The zero-order valence-corrected chi connectivity index (χ0v) is 21.9. The molecule has 0 saturated heterocycles. The minimum atomic E-state index is -0.176. The van der Waals surface area contributed by atoms with E-state index in [1.165, 1.54) is 28.0 Å². The Bertz CT molecular complexity index is 1250. The van der Waals surface area contributed by atoms with Crippen molar-refractivity contribution < 1.29 is 9.53 Å². The van der Waals surface area contributed by atoms with Crippen molar-refractivity contribution in [2.75, 3.05) is 11.1 Å². The van der Waals surface area contributed by atoms with E-state index in [0.29, 0.717) is 49.8 Å². The Balaban J connectivity index is 1.38. The molecular formula is C23H23Cl2N5O2S2. The number of amides is 1. The van der Waals surface area contributed by atoms with Crippen molar-refractivity contribution in [2.24, 2.45) is 5.92 Å². The van der Waals surface area contributed by atoms with Gasteiger partial charge in [0.05, 0.1) is 16.3 Å². The van der Waals surface area contributed by atoms with Crippen LogP contribution in [-0.2, 0) is 30.8 Å². The van der Waals surface area contributed by atoms with Crippen LogP contribution in [0.1, 0.15) is 42.1 Å². The van der Waals surface area contributed by atoms with Gasteiger partial charge in [-0.2, -0.15) is 5.26 Å². The number of hydrogen-bond acceptors (Lipinski definition) is 7. The molecule has 1 N–H and O–H groups in total. The fourth-order valence-corrected chi connectivity index (χ4v) is 6.50. The molecule has 1 aromatic carbocycles. The summed E-state index contributed by atoms with van der Waals surface area (Å²) in [6.07, 6.45) is 2.93. The lowest BCUT2D eigenvalue weighted by atomic mass is 9.89. The SMILES string of the molecule is CCn1c(COc2ccc(Cl)cc2Cl)nnc1SCC(=O)Nc1sc2c(c1C#N)CCC(C)C2. The summed E-state index contributed by atoms with van der Waals surface area (Å²) in [7, 11) is 0. The smallest absolute Gasteiger partial charge is 0.235 e. The molecule has 1 aliphatic carbocycles. The van der Waals surface area contributed by atoms with E-state index in [-0.39, 0.29) is 18.3 Å². The number of carbonyl (C=O) groups is 1. The van der Waals surface area contributed by atoms with E-state index in [1.807, 2.05) is 11.5 Å². The number of nitrogens with zero attached hydrogens (tertiary/aromatic N) is 4. The van der Waals surface area contributed by atoms with Gasteiger partial charge in [-0.15, -0.1) is 21.5 Å². The molecule has 1 unspecified atom stereocenters. The van der Waals surface area contributed by atoms with Crippen molar-refractivity contribution in [1.82, 2.24) is 14.8 Å². The number of ether oxygens (including phenoxy) is 1. The summed E-state index contributed by atoms with van der Waals surface area (Å²) in [4.78, 5) is 13.9. The molecule has 2 heterocycles. The van der Waals surface area contributed by atoms with Crippen LogP contribution in [0.25, 0.3) is 0 Å². The number of nitriles is 1. The van der Waals surface area contributed by atoms with Gasteiger partial charge in [0, 0.05) is 16.4 Å². The second kappa shape index (κ2) is 11.0. The third kappa shape index (κ3) is 5.52. The average Bonchev–Trinajstić information content (AvgIpc) is 3.36. The van der Waals surface area contributed by atoms with Crippen molar-refractivity contribution in [1.29, 1.82) is 5.26 Å². The normalized spacial score (nSPS) is 15.0. The number of hydrogen-bond donors (Lipinski definition) is 1. The molecule has 0 fully saturated rings.